The van der Waals surface area contributed by atoms with Gasteiger partial charge < -0.3 is 15.2 Å². The maximum Gasteiger partial charge on any atom is 0.252 e. The number of rotatable bonds is 5. The Labute approximate surface area is 128 Å². The van der Waals surface area contributed by atoms with Crippen LogP contribution in [0, 0.1) is 0 Å². The van der Waals surface area contributed by atoms with E-state index in [-0.39, 0.29) is 17.2 Å². The Kier molecular flexibility index (Phi) is 5.06. The number of hydrogen-bond donors (Lipinski definition) is 2. The van der Waals surface area contributed by atoms with E-state index in [0.717, 1.165) is 11.3 Å². The summed E-state index contributed by atoms with van der Waals surface area (Å²) < 4.78 is 5.15. The second kappa shape index (κ2) is 6.99. The van der Waals surface area contributed by atoms with Crippen molar-refractivity contribution in [2.75, 3.05) is 13.7 Å². The van der Waals surface area contributed by atoms with Crippen molar-refractivity contribution in [1.82, 2.24) is 5.32 Å². The van der Waals surface area contributed by atoms with Crippen molar-refractivity contribution in [1.29, 1.82) is 0 Å². The van der Waals surface area contributed by atoms with E-state index in [1.807, 2.05) is 24.3 Å². The number of benzene rings is 2. The highest BCUT2D eigenvalue weighted by molar-refractivity contribution is 6.33. The third kappa shape index (κ3) is 4.13. The van der Waals surface area contributed by atoms with Gasteiger partial charge in [-0.15, -0.1) is 0 Å². The summed E-state index contributed by atoms with van der Waals surface area (Å²) in [6.07, 6.45) is 0.680. The quantitative estimate of drug-likeness (QED) is 0.892. The molecule has 2 rings (SSSR count). The Hall–Kier alpha value is -2.20. The highest BCUT2D eigenvalue weighted by Crippen LogP contribution is 2.21. The number of phenols is 1. The first-order chi connectivity index (χ1) is 10.1. The van der Waals surface area contributed by atoms with Gasteiger partial charge in [0.15, 0.2) is 0 Å². The number of carbonyl (C=O) groups excluding carboxylic acids is 1. The maximum atomic E-state index is 12.0. The van der Waals surface area contributed by atoms with E-state index in [9.17, 15) is 9.90 Å². The zero-order valence-corrected chi connectivity index (χ0v) is 12.4. The molecule has 0 aromatic heterocycles. The van der Waals surface area contributed by atoms with Gasteiger partial charge in [-0.3, -0.25) is 4.79 Å². The van der Waals surface area contributed by atoms with Gasteiger partial charge in [-0.25, -0.2) is 0 Å². The average Bonchev–Trinajstić information content (AvgIpc) is 2.49. The molecule has 2 N–H and O–H groups in total. The van der Waals surface area contributed by atoms with Crippen LogP contribution in [0.2, 0.25) is 5.02 Å². The van der Waals surface area contributed by atoms with Gasteiger partial charge in [0.05, 0.1) is 17.7 Å². The van der Waals surface area contributed by atoms with E-state index in [0.29, 0.717) is 18.0 Å². The molecule has 0 unspecified atom stereocenters. The molecule has 2 aromatic carbocycles. The van der Waals surface area contributed by atoms with Crippen LogP contribution in [0.1, 0.15) is 15.9 Å². The summed E-state index contributed by atoms with van der Waals surface area (Å²) >= 11 is 5.94. The fourth-order valence-electron chi connectivity index (χ4n) is 1.93. The second-order valence-electron chi connectivity index (χ2n) is 4.52. The van der Waals surface area contributed by atoms with Crippen molar-refractivity contribution in [3.05, 3.63) is 58.6 Å². The molecule has 4 nitrogen and oxygen atoms in total. The molecule has 2 aromatic rings. The Morgan fingerprint density at radius 1 is 1.29 bits per heavy atom. The van der Waals surface area contributed by atoms with Crippen LogP contribution in [0.15, 0.2) is 42.5 Å². The molecular formula is C16H16ClNO3. The largest absolute Gasteiger partial charge is 0.508 e. The fourth-order valence-corrected chi connectivity index (χ4v) is 2.13. The fraction of sp³-hybridized carbons (Fsp3) is 0.188. The van der Waals surface area contributed by atoms with Crippen LogP contribution in [-0.2, 0) is 6.42 Å². The number of hydrogen-bond acceptors (Lipinski definition) is 3. The molecule has 0 spiro atoms. The lowest BCUT2D eigenvalue weighted by Crippen LogP contribution is -2.25. The molecule has 0 fully saturated rings. The van der Waals surface area contributed by atoms with Crippen molar-refractivity contribution >= 4 is 17.5 Å². The molecule has 5 heteroatoms. The highest BCUT2D eigenvalue weighted by atomic mass is 35.5. The molecule has 0 aliphatic rings. The van der Waals surface area contributed by atoms with Crippen LogP contribution in [-0.4, -0.2) is 24.7 Å². The number of phenolic OH excluding ortho intramolecular Hbond substituents is 1. The number of aromatic hydroxyl groups is 1. The van der Waals surface area contributed by atoms with Gasteiger partial charge in [0, 0.05) is 6.54 Å². The van der Waals surface area contributed by atoms with Gasteiger partial charge in [0.1, 0.15) is 11.5 Å². The molecule has 0 aliphatic heterocycles. The van der Waals surface area contributed by atoms with Crippen LogP contribution in [0.4, 0.5) is 0 Å². The molecule has 0 heterocycles. The van der Waals surface area contributed by atoms with E-state index in [1.165, 1.54) is 18.2 Å². The molecular weight excluding hydrogens is 290 g/mol. The molecule has 0 saturated heterocycles. The predicted molar refractivity (Wildman–Crippen MR) is 82.1 cm³/mol. The summed E-state index contributed by atoms with van der Waals surface area (Å²) in [5.41, 5.74) is 1.33. The first-order valence-corrected chi connectivity index (χ1v) is 6.87. The van der Waals surface area contributed by atoms with Gasteiger partial charge in [-0.05, 0) is 42.3 Å². The highest BCUT2D eigenvalue weighted by Gasteiger charge is 2.10. The van der Waals surface area contributed by atoms with Crippen molar-refractivity contribution in [3.8, 4) is 11.5 Å². The summed E-state index contributed by atoms with van der Waals surface area (Å²) in [4.78, 5) is 12.0. The van der Waals surface area contributed by atoms with Crippen molar-refractivity contribution in [3.63, 3.8) is 0 Å². The summed E-state index contributed by atoms with van der Waals surface area (Å²) in [5, 5.41) is 12.5. The van der Waals surface area contributed by atoms with Crippen LogP contribution < -0.4 is 10.1 Å². The Morgan fingerprint density at radius 2 is 2.10 bits per heavy atom. The Balaban J connectivity index is 1.93. The second-order valence-corrected chi connectivity index (χ2v) is 4.93. The van der Waals surface area contributed by atoms with Crippen LogP contribution in [0.5, 0.6) is 11.5 Å². The third-order valence-corrected chi connectivity index (χ3v) is 3.36. The van der Waals surface area contributed by atoms with Gasteiger partial charge in [-0.2, -0.15) is 0 Å². The van der Waals surface area contributed by atoms with E-state index in [1.54, 1.807) is 7.11 Å². The predicted octanol–water partition coefficient (Wildman–Crippen LogP) is 3.03. The minimum absolute atomic E-state index is 0.0114. The Morgan fingerprint density at radius 3 is 2.86 bits per heavy atom. The molecule has 0 aliphatic carbocycles. The number of halogens is 1. The number of methoxy groups -OCH3 is 1. The van der Waals surface area contributed by atoms with E-state index >= 15 is 0 Å². The van der Waals surface area contributed by atoms with E-state index in [2.05, 4.69) is 5.32 Å². The summed E-state index contributed by atoms with van der Waals surface area (Å²) in [6, 6.07) is 12.0. The van der Waals surface area contributed by atoms with Crippen molar-refractivity contribution in [2.45, 2.75) is 6.42 Å². The summed E-state index contributed by atoms with van der Waals surface area (Å²) in [5.74, 6) is 0.492. The van der Waals surface area contributed by atoms with Gasteiger partial charge in [0.2, 0.25) is 0 Å². The van der Waals surface area contributed by atoms with Crippen LogP contribution in [0.3, 0.4) is 0 Å². The molecule has 21 heavy (non-hydrogen) atoms. The first kappa shape index (κ1) is 15.2. The van der Waals surface area contributed by atoms with Gasteiger partial charge in [0.25, 0.3) is 5.91 Å². The molecule has 1 amide bonds. The zero-order valence-electron chi connectivity index (χ0n) is 11.6. The monoisotopic (exact) mass is 305 g/mol. The minimum atomic E-state index is -0.307. The lowest BCUT2D eigenvalue weighted by molar-refractivity contribution is 0.0954. The standard InChI is InChI=1S/C16H16ClNO3/c1-21-13-4-2-3-11(9-13)7-8-18-16(20)14-10-12(19)5-6-15(14)17/h2-6,9-10,19H,7-8H2,1H3,(H,18,20). The molecule has 110 valence electrons. The van der Waals surface area contributed by atoms with Gasteiger partial charge in [-0.1, -0.05) is 23.7 Å². The van der Waals surface area contributed by atoms with Gasteiger partial charge >= 0.3 is 0 Å². The summed E-state index contributed by atoms with van der Waals surface area (Å²) in [7, 11) is 1.62. The van der Waals surface area contributed by atoms with Crippen molar-refractivity contribution < 1.29 is 14.6 Å². The van der Waals surface area contributed by atoms with E-state index < -0.39 is 0 Å². The molecule has 0 radical (unpaired) electrons. The maximum absolute atomic E-state index is 12.0. The SMILES string of the molecule is COc1cccc(CCNC(=O)c2cc(O)ccc2Cl)c1. The Bertz CT molecular complexity index is 643. The smallest absolute Gasteiger partial charge is 0.252 e. The number of nitrogens with one attached hydrogen (secondary N) is 1. The number of amides is 1. The van der Waals surface area contributed by atoms with Crippen LogP contribution >= 0.6 is 11.6 Å². The third-order valence-electron chi connectivity index (χ3n) is 3.03. The molecule has 0 bridgehead atoms. The number of carbonyl (C=O) groups is 1. The minimum Gasteiger partial charge on any atom is -0.508 e. The average molecular weight is 306 g/mol. The lowest BCUT2D eigenvalue weighted by atomic mass is 10.1. The van der Waals surface area contributed by atoms with Crippen molar-refractivity contribution in [2.24, 2.45) is 0 Å². The molecule has 0 atom stereocenters. The van der Waals surface area contributed by atoms with Crippen LogP contribution in [0.25, 0.3) is 0 Å². The zero-order chi connectivity index (χ0) is 15.2. The first-order valence-electron chi connectivity index (χ1n) is 6.50. The van der Waals surface area contributed by atoms with E-state index in [4.69, 9.17) is 16.3 Å². The summed E-state index contributed by atoms with van der Waals surface area (Å²) in [6.45, 7) is 0.470. The topological polar surface area (TPSA) is 58.6 Å². The molecule has 0 saturated carbocycles. The number of ether oxygens (including phenoxy) is 1. The normalized spacial score (nSPS) is 10.2. The lowest BCUT2D eigenvalue weighted by Gasteiger charge is -2.08.